The number of nitro groups is 1. The molecule has 7 nitrogen and oxygen atoms in total. The highest BCUT2D eigenvalue weighted by molar-refractivity contribution is 7.88. The number of rotatable bonds is 8. The van der Waals surface area contributed by atoms with Gasteiger partial charge < -0.3 is 4.74 Å². The van der Waals surface area contributed by atoms with Crippen LogP contribution in [-0.2, 0) is 15.8 Å². The number of benzene rings is 2. The van der Waals surface area contributed by atoms with E-state index < -0.39 is 14.9 Å². The number of hydrogen-bond acceptors (Lipinski definition) is 5. The lowest BCUT2D eigenvalue weighted by Gasteiger charge is -2.10. The Balaban J connectivity index is 1.86. The fourth-order valence-electron chi connectivity index (χ4n) is 2.20. The predicted octanol–water partition coefficient (Wildman–Crippen LogP) is 2.71. The van der Waals surface area contributed by atoms with Gasteiger partial charge in [-0.05, 0) is 42.7 Å². The Morgan fingerprint density at radius 1 is 1.12 bits per heavy atom. The van der Waals surface area contributed by atoms with Crippen molar-refractivity contribution in [2.24, 2.45) is 0 Å². The molecule has 0 bridgehead atoms. The maximum absolute atomic E-state index is 12.1. The highest BCUT2D eigenvalue weighted by Crippen LogP contribution is 2.16. The third kappa shape index (κ3) is 5.84. The Hall–Kier alpha value is -2.45. The van der Waals surface area contributed by atoms with Gasteiger partial charge in [0.2, 0.25) is 10.0 Å². The first kappa shape index (κ1) is 18.9. The van der Waals surface area contributed by atoms with Gasteiger partial charge in [-0.1, -0.05) is 18.2 Å². The number of nitro benzene ring substituents is 1. The molecule has 0 atom stereocenters. The van der Waals surface area contributed by atoms with Gasteiger partial charge in [-0.2, -0.15) is 0 Å². The minimum absolute atomic E-state index is 0.115. The average molecular weight is 364 g/mol. The second-order valence-corrected chi connectivity index (χ2v) is 7.48. The molecule has 0 fully saturated rings. The van der Waals surface area contributed by atoms with E-state index in [1.54, 1.807) is 0 Å². The molecule has 25 heavy (non-hydrogen) atoms. The van der Waals surface area contributed by atoms with Crippen LogP contribution < -0.4 is 9.46 Å². The zero-order chi connectivity index (χ0) is 18.4. The van der Waals surface area contributed by atoms with E-state index in [0.29, 0.717) is 11.3 Å². The highest BCUT2D eigenvalue weighted by Gasteiger charge is 2.14. The molecule has 0 aliphatic rings. The third-order valence-electron chi connectivity index (χ3n) is 3.65. The number of non-ortho nitro benzene ring substituents is 1. The molecule has 0 amide bonds. The number of ether oxygens (including phenoxy) is 1. The minimum Gasteiger partial charge on any atom is -0.492 e. The molecule has 0 aromatic heterocycles. The van der Waals surface area contributed by atoms with E-state index >= 15 is 0 Å². The molecule has 0 radical (unpaired) electrons. The number of hydrogen-bond donors (Lipinski definition) is 1. The lowest BCUT2D eigenvalue weighted by molar-refractivity contribution is -0.384. The average Bonchev–Trinajstić information content (AvgIpc) is 2.54. The quantitative estimate of drug-likeness (QED) is 0.441. The highest BCUT2D eigenvalue weighted by atomic mass is 32.2. The molecule has 8 heteroatoms. The van der Waals surface area contributed by atoms with Crippen LogP contribution in [0.3, 0.4) is 0 Å². The van der Waals surface area contributed by atoms with Gasteiger partial charge in [-0.3, -0.25) is 10.1 Å². The molecule has 0 aliphatic carbocycles. The van der Waals surface area contributed by atoms with Crippen molar-refractivity contribution in [3.05, 3.63) is 69.3 Å². The molecule has 1 N–H and O–H groups in total. The van der Waals surface area contributed by atoms with Gasteiger partial charge in [-0.25, -0.2) is 13.1 Å². The maximum Gasteiger partial charge on any atom is 0.269 e. The SMILES string of the molecule is Cc1ccc(OCCNS(=O)(=O)Cc2cccc([N+](=O)[O-])c2)cc1C. The van der Waals surface area contributed by atoms with Crippen molar-refractivity contribution in [2.45, 2.75) is 19.6 Å². The summed E-state index contributed by atoms with van der Waals surface area (Å²) in [6, 6.07) is 11.2. The second-order valence-electron chi connectivity index (χ2n) is 5.67. The molecular weight excluding hydrogens is 344 g/mol. The van der Waals surface area contributed by atoms with Crippen LogP contribution in [0.15, 0.2) is 42.5 Å². The molecule has 0 saturated carbocycles. The topological polar surface area (TPSA) is 98.5 Å². The van der Waals surface area contributed by atoms with Gasteiger partial charge in [0.05, 0.1) is 10.7 Å². The Morgan fingerprint density at radius 3 is 2.56 bits per heavy atom. The van der Waals surface area contributed by atoms with E-state index in [1.165, 1.54) is 24.3 Å². The van der Waals surface area contributed by atoms with Crippen LogP contribution in [0.1, 0.15) is 16.7 Å². The lowest BCUT2D eigenvalue weighted by atomic mass is 10.1. The number of aryl methyl sites for hydroxylation is 2. The summed E-state index contributed by atoms with van der Waals surface area (Å²) >= 11 is 0. The second kappa shape index (κ2) is 8.09. The molecule has 0 spiro atoms. The van der Waals surface area contributed by atoms with Crippen molar-refractivity contribution in [1.29, 1.82) is 0 Å². The Labute approximate surface area is 146 Å². The summed E-state index contributed by atoms with van der Waals surface area (Å²) in [4.78, 5) is 10.2. The third-order valence-corrected chi connectivity index (χ3v) is 5.01. The molecule has 2 aromatic rings. The first-order valence-corrected chi connectivity index (χ1v) is 9.33. The van der Waals surface area contributed by atoms with Crippen molar-refractivity contribution in [3.8, 4) is 5.75 Å². The van der Waals surface area contributed by atoms with Crippen LogP contribution in [0.5, 0.6) is 5.75 Å². The Bertz CT molecular complexity index is 865. The van der Waals surface area contributed by atoms with E-state index in [1.807, 2.05) is 32.0 Å². The number of nitrogens with zero attached hydrogens (tertiary/aromatic N) is 1. The van der Waals surface area contributed by atoms with E-state index in [-0.39, 0.29) is 24.6 Å². The van der Waals surface area contributed by atoms with E-state index in [4.69, 9.17) is 4.74 Å². The molecule has 2 aromatic carbocycles. The van der Waals surface area contributed by atoms with E-state index in [0.717, 1.165) is 11.1 Å². The van der Waals surface area contributed by atoms with Gasteiger partial charge in [0, 0.05) is 18.7 Å². The van der Waals surface area contributed by atoms with Crippen molar-refractivity contribution in [1.82, 2.24) is 4.72 Å². The predicted molar refractivity (Wildman–Crippen MR) is 95.1 cm³/mol. The summed E-state index contributed by atoms with van der Waals surface area (Å²) in [5, 5.41) is 10.7. The monoisotopic (exact) mass is 364 g/mol. The van der Waals surface area contributed by atoms with Crippen LogP contribution in [0.4, 0.5) is 5.69 Å². The minimum atomic E-state index is -3.60. The number of nitrogens with one attached hydrogen (secondary N) is 1. The molecule has 0 unspecified atom stereocenters. The van der Waals surface area contributed by atoms with Crippen LogP contribution in [-0.4, -0.2) is 26.5 Å². The summed E-state index contributed by atoms with van der Waals surface area (Å²) in [7, 11) is -3.60. The molecule has 2 rings (SSSR count). The fraction of sp³-hybridized carbons (Fsp3) is 0.294. The van der Waals surface area contributed by atoms with Gasteiger partial charge >= 0.3 is 0 Å². The Kier molecular flexibility index (Phi) is 6.11. The standard InChI is InChI=1S/C17H20N2O5S/c1-13-6-7-17(10-14(13)2)24-9-8-18-25(22,23)12-15-4-3-5-16(11-15)19(20)21/h3-7,10-11,18H,8-9,12H2,1-2H3. The molecule has 0 saturated heterocycles. The van der Waals surface area contributed by atoms with E-state index in [2.05, 4.69) is 4.72 Å². The molecule has 0 heterocycles. The first-order chi connectivity index (χ1) is 11.8. The van der Waals surface area contributed by atoms with Gasteiger partial charge in [0.25, 0.3) is 5.69 Å². The Morgan fingerprint density at radius 2 is 1.88 bits per heavy atom. The zero-order valence-electron chi connectivity index (χ0n) is 14.1. The lowest BCUT2D eigenvalue weighted by Crippen LogP contribution is -2.29. The molecule has 0 aliphatic heterocycles. The zero-order valence-corrected chi connectivity index (χ0v) is 14.9. The van der Waals surface area contributed by atoms with E-state index in [9.17, 15) is 18.5 Å². The van der Waals surface area contributed by atoms with Crippen molar-refractivity contribution in [2.75, 3.05) is 13.2 Å². The summed E-state index contributed by atoms with van der Waals surface area (Å²) in [5.41, 5.74) is 2.48. The van der Waals surface area contributed by atoms with Gasteiger partial charge in [-0.15, -0.1) is 0 Å². The summed E-state index contributed by atoms with van der Waals surface area (Å²) in [6.45, 7) is 4.28. The smallest absolute Gasteiger partial charge is 0.269 e. The summed E-state index contributed by atoms with van der Waals surface area (Å²) < 4.78 is 32.1. The van der Waals surface area contributed by atoms with Crippen LogP contribution >= 0.6 is 0 Å². The van der Waals surface area contributed by atoms with Gasteiger partial charge in [0.15, 0.2) is 0 Å². The summed E-state index contributed by atoms with van der Waals surface area (Å²) in [5.74, 6) is 0.360. The van der Waals surface area contributed by atoms with Crippen molar-refractivity contribution >= 4 is 15.7 Å². The summed E-state index contributed by atoms with van der Waals surface area (Å²) in [6.07, 6.45) is 0. The molecule has 134 valence electrons. The molecular formula is C17H20N2O5S. The maximum atomic E-state index is 12.1. The van der Waals surface area contributed by atoms with Gasteiger partial charge in [0.1, 0.15) is 12.4 Å². The van der Waals surface area contributed by atoms with Crippen LogP contribution in [0.25, 0.3) is 0 Å². The normalized spacial score (nSPS) is 11.3. The van der Waals surface area contributed by atoms with Crippen LogP contribution in [0, 0.1) is 24.0 Å². The fourth-order valence-corrected chi connectivity index (χ4v) is 3.31. The largest absolute Gasteiger partial charge is 0.492 e. The van der Waals surface area contributed by atoms with Crippen molar-refractivity contribution < 1.29 is 18.1 Å². The first-order valence-electron chi connectivity index (χ1n) is 7.67. The van der Waals surface area contributed by atoms with Crippen LogP contribution in [0.2, 0.25) is 0 Å². The number of sulfonamides is 1. The van der Waals surface area contributed by atoms with Crippen molar-refractivity contribution in [3.63, 3.8) is 0 Å².